The molecule has 92 valence electrons. The zero-order valence-corrected chi connectivity index (χ0v) is 10.2. The number of fused-ring (bicyclic) bond motifs is 1. The molecule has 0 aromatic heterocycles. The molecular formula is C11H13NO4S. The van der Waals surface area contributed by atoms with Crippen molar-refractivity contribution in [1.29, 1.82) is 0 Å². The van der Waals surface area contributed by atoms with E-state index in [1.165, 1.54) is 13.2 Å². The fraction of sp³-hybridized carbons (Fsp3) is 0.364. The third-order valence-corrected chi connectivity index (χ3v) is 3.98. The Labute approximate surface area is 99.6 Å². The molecule has 17 heavy (non-hydrogen) atoms. The highest BCUT2D eigenvalue weighted by atomic mass is 32.2. The summed E-state index contributed by atoms with van der Waals surface area (Å²) in [5, 5.41) is 5.14. The second-order valence-electron chi connectivity index (χ2n) is 4.07. The van der Waals surface area contributed by atoms with Crippen LogP contribution in [0.4, 0.5) is 0 Å². The molecule has 0 aliphatic heterocycles. The van der Waals surface area contributed by atoms with Crippen LogP contribution >= 0.6 is 0 Å². The third kappa shape index (κ3) is 2.18. The van der Waals surface area contributed by atoms with E-state index in [4.69, 9.17) is 5.14 Å². The van der Waals surface area contributed by atoms with Crippen LogP contribution in [0.25, 0.3) is 0 Å². The number of carbonyl (C=O) groups excluding carboxylic acids is 1. The van der Waals surface area contributed by atoms with Crippen LogP contribution in [0.2, 0.25) is 0 Å². The van der Waals surface area contributed by atoms with E-state index < -0.39 is 10.0 Å². The van der Waals surface area contributed by atoms with E-state index in [1.54, 1.807) is 6.07 Å². The molecule has 0 saturated carbocycles. The number of benzene rings is 1. The van der Waals surface area contributed by atoms with Crippen molar-refractivity contribution < 1.29 is 17.9 Å². The summed E-state index contributed by atoms with van der Waals surface area (Å²) in [5.41, 5.74) is 1.50. The molecule has 0 bridgehead atoms. The zero-order chi connectivity index (χ0) is 12.6. The molecule has 2 rings (SSSR count). The van der Waals surface area contributed by atoms with Crippen molar-refractivity contribution in [2.75, 3.05) is 7.11 Å². The van der Waals surface area contributed by atoms with Crippen molar-refractivity contribution in [2.24, 2.45) is 11.1 Å². The van der Waals surface area contributed by atoms with Crippen molar-refractivity contribution in [1.82, 2.24) is 0 Å². The lowest BCUT2D eigenvalue weighted by atomic mass is 10.1. The lowest BCUT2D eigenvalue weighted by Gasteiger charge is -2.06. The molecule has 2 N–H and O–H groups in total. The first kappa shape index (κ1) is 12.1. The van der Waals surface area contributed by atoms with Crippen LogP contribution in [-0.2, 0) is 32.4 Å². The quantitative estimate of drug-likeness (QED) is 0.766. The van der Waals surface area contributed by atoms with E-state index in [9.17, 15) is 13.2 Å². The van der Waals surface area contributed by atoms with Gasteiger partial charge in [-0.2, -0.15) is 0 Å². The second kappa shape index (κ2) is 4.12. The van der Waals surface area contributed by atoms with Gasteiger partial charge in [-0.15, -0.1) is 0 Å². The highest BCUT2D eigenvalue weighted by Crippen LogP contribution is 2.31. The number of hydrogen-bond donors (Lipinski definition) is 1. The Morgan fingerprint density at radius 3 is 2.71 bits per heavy atom. The smallest absolute Gasteiger partial charge is 0.309 e. The Balaban J connectivity index is 2.43. The van der Waals surface area contributed by atoms with Crippen LogP contribution < -0.4 is 5.14 Å². The van der Waals surface area contributed by atoms with Gasteiger partial charge in [0.05, 0.1) is 17.9 Å². The van der Waals surface area contributed by atoms with Crippen LogP contribution in [0.3, 0.4) is 0 Å². The monoisotopic (exact) mass is 255 g/mol. The number of carbonyl (C=O) groups is 1. The Morgan fingerprint density at radius 1 is 1.41 bits per heavy atom. The number of nitrogens with two attached hydrogens (primary N) is 1. The van der Waals surface area contributed by atoms with Crippen molar-refractivity contribution >= 4 is 16.0 Å². The van der Waals surface area contributed by atoms with Crippen LogP contribution in [0, 0.1) is 5.92 Å². The van der Waals surface area contributed by atoms with Crippen molar-refractivity contribution in [3.63, 3.8) is 0 Å². The molecule has 0 fully saturated rings. The first-order valence-corrected chi connectivity index (χ1v) is 6.69. The summed E-state index contributed by atoms with van der Waals surface area (Å²) in [6.45, 7) is 0. The first-order valence-electron chi connectivity index (χ1n) is 5.15. The molecule has 1 aliphatic carbocycles. The molecule has 0 radical (unpaired) electrons. The van der Waals surface area contributed by atoms with Gasteiger partial charge in [-0.25, -0.2) is 13.6 Å². The van der Waals surface area contributed by atoms with Crippen LogP contribution in [0.5, 0.6) is 0 Å². The lowest BCUT2D eigenvalue weighted by molar-refractivity contribution is -0.145. The molecule has 0 heterocycles. The standard InChI is InChI=1S/C11H13NO4S/c1-16-11(13)8-5-7-3-2-4-10(9(7)6-8)17(12,14)15/h2-4,8H,5-6H2,1H3,(H2,12,14,15)/t8-/m0/s1. The topological polar surface area (TPSA) is 86.5 Å². The molecule has 5 nitrogen and oxygen atoms in total. The maximum atomic E-state index is 11.4. The van der Waals surface area contributed by atoms with Gasteiger partial charge in [0, 0.05) is 0 Å². The number of esters is 1. The van der Waals surface area contributed by atoms with E-state index in [-0.39, 0.29) is 16.8 Å². The van der Waals surface area contributed by atoms with Crippen molar-refractivity contribution in [2.45, 2.75) is 17.7 Å². The summed E-state index contributed by atoms with van der Waals surface area (Å²) in [5.74, 6) is -0.625. The van der Waals surface area contributed by atoms with E-state index in [0.717, 1.165) is 5.56 Å². The maximum Gasteiger partial charge on any atom is 0.309 e. The molecule has 1 atom stereocenters. The molecular weight excluding hydrogens is 242 g/mol. The number of sulfonamides is 1. The highest BCUT2D eigenvalue weighted by Gasteiger charge is 2.31. The van der Waals surface area contributed by atoms with Crippen molar-refractivity contribution in [3.8, 4) is 0 Å². The molecule has 6 heteroatoms. The Bertz CT molecular complexity index is 565. The molecule has 0 amide bonds. The van der Waals surface area contributed by atoms with E-state index >= 15 is 0 Å². The molecule has 0 spiro atoms. The molecule has 1 aromatic carbocycles. The second-order valence-corrected chi connectivity index (χ2v) is 5.60. The van der Waals surface area contributed by atoms with Gasteiger partial charge < -0.3 is 4.74 Å². The average Bonchev–Trinajstić information content (AvgIpc) is 2.69. The summed E-state index contributed by atoms with van der Waals surface area (Å²) in [7, 11) is -2.41. The SMILES string of the molecule is COC(=O)[C@H]1Cc2cccc(S(N)(=O)=O)c2C1. The number of primary sulfonamides is 1. The van der Waals surface area contributed by atoms with Gasteiger partial charge in [-0.1, -0.05) is 12.1 Å². The van der Waals surface area contributed by atoms with Crippen LogP contribution in [0.15, 0.2) is 23.1 Å². The zero-order valence-electron chi connectivity index (χ0n) is 9.34. The summed E-state index contributed by atoms with van der Waals surface area (Å²) in [6, 6.07) is 4.92. The molecule has 0 saturated heterocycles. The molecule has 1 aliphatic rings. The van der Waals surface area contributed by atoms with Gasteiger partial charge in [0.25, 0.3) is 0 Å². The number of hydrogen-bond acceptors (Lipinski definition) is 4. The number of ether oxygens (including phenoxy) is 1. The van der Waals surface area contributed by atoms with Crippen LogP contribution in [-0.4, -0.2) is 21.5 Å². The normalized spacial score (nSPS) is 18.8. The van der Waals surface area contributed by atoms with Gasteiger partial charge in [-0.05, 0) is 30.0 Å². The van der Waals surface area contributed by atoms with Gasteiger partial charge in [0.15, 0.2) is 0 Å². The Hall–Kier alpha value is -1.40. The number of methoxy groups -OCH3 is 1. The van der Waals surface area contributed by atoms with E-state index in [0.29, 0.717) is 18.4 Å². The molecule has 0 unspecified atom stereocenters. The van der Waals surface area contributed by atoms with Gasteiger partial charge in [-0.3, -0.25) is 4.79 Å². The van der Waals surface area contributed by atoms with Crippen LogP contribution in [0.1, 0.15) is 11.1 Å². The van der Waals surface area contributed by atoms with Gasteiger partial charge >= 0.3 is 5.97 Å². The summed E-state index contributed by atoms with van der Waals surface area (Å²) >= 11 is 0. The largest absolute Gasteiger partial charge is 0.469 e. The summed E-state index contributed by atoms with van der Waals surface area (Å²) in [6.07, 6.45) is 0.875. The highest BCUT2D eigenvalue weighted by molar-refractivity contribution is 7.89. The predicted molar refractivity (Wildman–Crippen MR) is 60.7 cm³/mol. The minimum atomic E-state index is -3.74. The Morgan fingerprint density at radius 2 is 2.12 bits per heavy atom. The van der Waals surface area contributed by atoms with E-state index in [1.807, 2.05) is 6.07 Å². The Kier molecular flexibility index (Phi) is 2.92. The summed E-state index contributed by atoms with van der Waals surface area (Å²) in [4.78, 5) is 11.6. The fourth-order valence-electron chi connectivity index (χ4n) is 2.22. The number of rotatable bonds is 2. The van der Waals surface area contributed by atoms with Gasteiger partial charge in [0.1, 0.15) is 0 Å². The fourth-order valence-corrected chi connectivity index (χ4v) is 3.04. The maximum absolute atomic E-state index is 11.4. The third-order valence-electron chi connectivity index (χ3n) is 2.99. The minimum absolute atomic E-state index is 0.112. The lowest BCUT2D eigenvalue weighted by Crippen LogP contribution is -2.17. The average molecular weight is 255 g/mol. The molecule has 1 aromatic rings. The predicted octanol–water partition coefficient (Wildman–Crippen LogP) is 0.222. The van der Waals surface area contributed by atoms with Crippen molar-refractivity contribution in [3.05, 3.63) is 29.3 Å². The first-order chi connectivity index (χ1) is 7.93. The summed E-state index contributed by atoms with van der Waals surface area (Å²) < 4.78 is 27.5. The minimum Gasteiger partial charge on any atom is -0.469 e. The van der Waals surface area contributed by atoms with E-state index in [2.05, 4.69) is 4.74 Å². The van der Waals surface area contributed by atoms with Gasteiger partial charge in [0.2, 0.25) is 10.0 Å².